The highest BCUT2D eigenvalue weighted by Gasteiger charge is 2.24. The standard InChI is InChI=1S/C21H21N3OS2/c1-12-8-9-16(13(2)10-12)24-20(25)18-15-6-4-5-7-17(15)27-19(18)23-21(24)26-14(3)11-22/h8-10,14H,4-7H2,1-3H3/t14-/m0/s1. The van der Waals surface area contributed by atoms with Crippen molar-refractivity contribution in [2.45, 2.75) is 56.9 Å². The van der Waals surface area contributed by atoms with E-state index in [0.29, 0.717) is 5.16 Å². The van der Waals surface area contributed by atoms with Crippen LogP contribution >= 0.6 is 23.1 Å². The Labute approximate surface area is 166 Å². The van der Waals surface area contributed by atoms with Crippen molar-refractivity contribution in [1.29, 1.82) is 5.26 Å². The van der Waals surface area contributed by atoms with Gasteiger partial charge in [-0.25, -0.2) is 4.98 Å². The maximum atomic E-state index is 13.6. The lowest BCUT2D eigenvalue weighted by molar-refractivity contribution is 0.699. The lowest BCUT2D eigenvalue weighted by atomic mass is 9.97. The van der Waals surface area contributed by atoms with E-state index in [4.69, 9.17) is 4.98 Å². The van der Waals surface area contributed by atoms with E-state index >= 15 is 0 Å². The van der Waals surface area contributed by atoms with Crippen LogP contribution in [0.5, 0.6) is 0 Å². The topological polar surface area (TPSA) is 58.7 Å². The van der Waals surface area contributed by atoms with Gasteiger partial charge in [-0.2, -0.15) is 5.26 Å². The number of hydrogen-bond donors (Lipinski definition) is 0. The van der Waals surface area contributed by atoms with E-state index in [-0.39, 0.29) is 10.8 Å². The Morgan fingerprint density at radius 2 is 2.07 bits per heavy atom. The van der Waals surface area contributed by atoms with Crippen molar-refractivity contribution in [2.75, 3.05) is 0 Å². The number of rotatable bonds is 3. The van der Waals surface area contributed by atoms with Gasteiger partial charge in [0.15, 0.2) is 5.16 Å². The van der Waals surface area contributed by atoms with Crippen LogP contribution in [0.25, 0.3) is 15.9 Å². The summed E-state index contributed by atoms with van der Waals surface area (Å²) in [5.41, 5.74) is 4.24. The fourth-order valence-electron chi connectivity index (χ4n) is 3.72. The van der Waals surface area contributed by atoms with Crippen molar-refractivity contribution < 1.29 is 0 Å². The van der Waals surface area contributed by atoms with Gasteiger partial charge in [0.05, 0.1) is 22.4 Å². The number of aryl methyl sites for hydroxylation is 4. The summed E-state index contributed by atoms with van der Waals surface area (Å²) in [6.07, 6.45) is 4.30. The van der Waals surface area contributed by atoms with Crippen LogP contribution in [0.1, 0.15) is 41.3 Å². The molecule has 2 aromatic heterocycles. The summed E-state index contributed by atoms with van der Waals surface area (Å²) in [6, 6.07) is 8.33. The largest absolute Gasteiger partial charge is 0.268 e. The molecule has 0 saturated carbocycles. The van der Waals surface area contributed by atoms with Gasteiger partial charge in [0.2, 0.25) is 0 Å². The summed E-state index contributed by atoms with van der Waals surface area (Å²) in [6.45, 7) is 5.90. The molecule has 0 unspecified atom stereocenters. The molecule has 0 N–H and O–H groups in total. The smallest absolute Gasteiger partial charge is 0.267 e. The van der Waals surface area contributed by atoms with Crippen molar-refractivity contribution in [3.63, 3.8) is 0 Å². The van der Waals surface area contributed by atoms with Gasteiger partial charge in [0.25, 0.3) is 5.56 Å². The molecule has 0 fully saturated rings. The Bertz CT molecular complexity index is 1140. The first-order chi connectivity index (χ1) is 13.0. The minimum absolute atomic E-state index is 0.000933. The van der Waals surface area contributed by atoms with Crippen LogP contribution in [0.2, 0.25) is 0 Å². The molecule has 4 rings (SSSR count). The predicted molar refractivity (Wildman–Crippen MR) is 112 cm³/mol. The Balaban J connectivity index is 2.04. The Morgan fingerprint density at radius 3 is 2.81 bits per heavy atom. The normalized spacial score (nSPS) is 14.7. The van der Waals surface area contributed by atoms with E-state index in [1.54, 1.807) is 15.9 Å². The number of nitrogens with zero attached hydrogens (tertiary/aromatic N) is 3. The molecule has 27 heavy (non-hydrogen) atoms. The second kappa shape index (κ2) is 7.14. The van der Waals surface area contributed by atoms with Crippen LogP contribution in [0.15, 0.2) is 28.2 Å². The summed E-state index contributed by atoms with van der Waals surface area (Å²) < 4.78 is 1.72. The van der Waals surface area contributed by atoms with Gasteiger partial charge in [-0.15, -0.1) is 11.3 Å². The first-order valence-corrected chi connectivity index (χ1v) is 10.9. The van der Waals surface area contributed by atoms with Crippen molar-refractivity contribution in [3.05, 3.63) is 50.1 Å². The zero-order chi connectivity index (χ0) is 19.1. The van der Waals surface area contributed by atoms with Crippen LogP contribution in [0.3, 0.4) is 0 Å². The number of hydrogen-bond acceptors (Lipinski definition) is 5. The fraction of sp³-hybridized carbons (Fsp3) is 0.381. The van der Waals surface area contributed by atoms with E-state index in [2.05, 4.69) is 12.1 Å². The quantitative estimate of drug-likeness (QED) is 0.465. The van der Waals surface area contributed by atoms with Crippen LogP contribution in [-0.4, -0.2) is 14.8 Å². The maximum absolute atomic E-state index is 13.6. The average Bonchev–Trinajstić information content (AvgIpc) is 3.01. The third-order valence-electron chi connectivity index (χ3n) is 5.02. The molecule has 2 heterocycles. The summed E-state index contributed by atoms with van der Waals surface area (Å²) in [4.78, 5) is 20.6. The minimum atomic E-state index is -0.277. The van der Waals surface area contributed by atoms with E-state index in [1.807, 2.05) is 32.9 Å². The Hall–Kier alpha value is -2.10. The highest BCUT2D eigenvalue weighted by Crippen LogP contribution is 2.36. The van der Waals surface area contributed by atoms with Crippen LogP contribution in [-0.2, 0) is 12.8 Å². The van der Waals surface area contributed by atoms with Gasteiger partial charge < -0.3 is 0 Å². The van der Waals surface area contributed by atoms with Crippen LogP contribution in [0, 0.1) is 25.2 Å². The zero-order valence-corrected chi connectivity index (χ0v) is 17.3. The SMILES string of the molecule is Cc1ccc(-n2c(S[C@@H](C)C#N)nc3sc4c(c3c2=O)CCCC4)c(C)c1. The van der Waals surface area contributed by atoms with Gasteiger partial charge >= 0.3 is 0 Å². The van der Waals surface area contributed by atoms with E-state index in [0.717, 1.165) is 46.3 Å². The number of aromatic nitrogens is 2. The summed E-state index contributed by atoms with van der Waals surface area (Å²) in [5, 5.41) is 10.4. The van der Waals surface area contributed by atoms with Crippen molar-refractivity contribution in [1.82, 2.24) is 9.55 Å². The number of nitriles is 1. The lowest BCUT2D eigenvalue weighted by Crippen LogP contribution is -2.23. The monoisotopic (exact) mass is 395 g/mol. The second-order valence-electron chi connectivity index (χ2n) is 7.11. The number of benzene rings is 1. The highest BCUT2D eigenvalue weighted by molar-refractivity contribution is 8.00. The van der Waals surface area contributed by atoms with E-state index in [1.165, 1.54) is 28.6 Å². The molecule has 1 atom stereocenters. The lowest BCUT2D eigenvalue weighted by Gasteiger charge is -2.16. The molecule has 4 nitrogen and oxygen atoms in total. The van der Waals surface area contributed by atoms with Gasteiger partial charge in [-0.3, -0.25) is 9.36 Å². The predicted octanol–water partition coefficient (Wildman–Crippen LogP) is 4.95. The molecule has 0 radical (unpaired) electrons. The highest BCUT2D eigenvalue weighted by atomic mass is 32.2. The van der Waals surface area contributed by atoms with Crippen molar-refractivity contribution >= 4 is 33.3 Å². The summed E-state index contributed by atoms with van der Waals surface area (Å²) in [7, 11) is 0. The minimum Gasteiger partial charge on any atom is -0.268 e. The number of thioether (sulfide) groups is 1. The molecule has 1 aliphatic carbocycles. The number of fused-ring (bicyclic) bond motifs is 3. The van der Waals surface area contributed by atoms with Crippen LogP contribution < -0.4 is 5.56 Å². The fourth-order valence-corrected chi connectivity index (χ4v) is 5.83. The first kappa shape index (κ1) is 18.3. The molecular formula is C21H21N3OS2. The average molecular weight is 396 g/mol. The third kappa shape index (κ3) is 3.19. The molecule has 6 heteroatoms. The summed E-state index contributed by atoms with van der Waals surface area (Å²) in [5.74, 6) is 0. The molecular weight excluding hydrogens is 374 g/mol. The second-order valence-corrected chi connectivity index (χ2v) is 9.50. The third-order valence-corrected chi connectivity index (χ3v) is 7.14. The molecule has 0 bridgehead atoms. The molecule has 0 spiro atoms. The van der Waals surface area contributed by atoms with Gasteiger partial charge in [-0.05, 0) is 63.6 Å². The zero-order valence-electron chi connectivity index (χ0n) is 15.7. The molecule has 1 aliphatic rings. The Morgan fingerprint density at radius 1 is 1.30 bits per heavy atom. The molecule has 3 aromatic rings. The molecule has 0 saturated heterocycles. The van der Waals surface area contributed by atoms with Crippen molar-refractivity contribution in [2.24, 2.45) is 0 Å². The first-order valence-electron chi connectivity index (χ1n) is 9.21. The van der Waals surface area contributed by atoms with Crippen LogP contribution in [0.4, 0.5) is 0 Å². The van der Waals surface area contributed by atoms with E-state index in [9.17, 15) is 10.1 Å². The van der Waals surface area contributed by atoms with Gasteiger partial charge in [-0.1, -0.05) is 29.5 Å². The molecule has 0 amide bonds. The maximum Gasteiger partial charge on any atom is 0.267 e. The number of thiophene rings is 1. The van der Waals surface area contributed by atoms with Gasteiger partial charge in [0, 0.05) is 4.88 Å². The van der Waals surface area contributed by atoms with Crippen molar-refractivity contribution in [3.8, 4) is 11.8 Å². The van der Waals surface area contributed by atoms with Gasteiger partial charge in [0.1, 0.15) is 4.83 Å². The Kier molecular flexibility index (Phi) is 4.83. The van der Waals surface area contributed by atoms with E-state index < -0.39 is 0 Å². The molecule has 138 valence electrons. The molecule has 0 aliphatic heterocycles. The molecule has 1 aromatic carbocycles. The summed E-state index contributed by atoms with van der Waals surface area (Å²) >= 11 is 3.00.